The molecule has 0 atom stereocenters. The summed E-state index contributed by atoms with van der Waals surface area (Å²) in [4.78, 5) is 32.8. The Morgan fingerprint density at radius 2 is 2.03 bits per heavy atom. The number of anilines is 1. The fourth-order valence-electron chi connectivity index (χ4n) is 3.62. The molecular formula is C21H21N5O4. The maximum Gasteiger partial charge on any atom is 0.273 e. The van der Waals surface area contributed by atoms with Crippen LogP contribution < -0.4 is 16.0 Å². The molecule has 1 aliphatic rings. The zero-order chi connectivity index (χ0) is 21.3. The fraction of sp³-hybridized carbons (Fsp3) is 0.238. The number of hydrogen-bond donors (Lipinski definition) is 2. The third kappa shape index (κ3) is 3.87. The van der Waals surface area contributed by atoms with Gasteiger partial charge in [0.2, 0.25) is 0 Å². The summed E-state index contributed by atoms with van der Waals surface area (Å²) in [5.41, 5.74) is 9.30. The number of nitrogens with one attached hydrogen (secondary N) is 1. The normalized spacial score (nSPS) is 13.6. The highest BCUT2D eigenvalue weighted by Crippen LogP contribution is 2.27. The predicted molar refractivity (Wildman–Crippen MR) is 112 cm³/mol. The van der Waals surface area contributed by atoms with Gasteiger partial charge in [-0.3, -0.25) is 19.8 Å². The number of nitrogen functional groups attached to an aromatic ring is 1. The summed E-state index contributed by atoms with van der Waals surface area (Å²) >= 11 is 0. The summed E-state index contributed by atoms with van der Waals surface area (Å²) in [6, 6.07) is 11.8. The standard InChI is InChI=1S/C21H21N5O4/c1-30-19-10-16(26(28)29)7-4-14(19)11-25-9-8-17-18(12-25)23-20(24-21(17)27)13-2-5-15(22)6-3-13/h2-7,10H,8-9,11-12,22H2,1H3,(H,23,24,27). The Morgan fingerprint density at radius 3 is 2.73 bits per heavy atom. The van der Waals surface area contributed by atoms with E-state index >= 15 is 0 Å². The SMILES string of the molecule is COc1cc([N+](=O)[O-])ccc1CN1CCc2c(nc(-c3ccc(N)cc3)[nH]c2=O)C1. The van der Waals surface area contributed by atoms with Gasteiger partial charge >= 0.3 is 0 Å². The molecule has 0 aliphatic carbocycles. The molecule has 9 nitrogen and oxygen atoms in total. The molecule has 9 heteroatoms. The molecule has 3 N–H and O–H groups in total. The molecule has 1 aliphatic heterocycles. The maximum atomic E-state index is 12.6. The third-order valence-corrected chi connectivity index (χ3v) is 5.21. The number of methoxy groups -OCH3 is 1. The van der Waals surface area contributed by atoms with Crippen molar-refractivity contribution in [2.75, 3.05) is 19.4 Å². The quantitative estimate of drug-likeness (QED) is 0.378. The van der Waals surface area contributed by atoms with E-state index in [0.29, 0.717) is 48.9 Å². The number of nitrogens with two attached hydrogens (primary N) is 1. The highest BCUT2D eigenvalue weighted by molar-refractivity contribution is 5.58. The number of nitro groups is 1. The van der Waals surface area contributed by atoms with E-state index in [2.05, 4.69) is 14.9 Å². The van der Waals surface area contributed by atoms with E-state index in [1.807, 2.05) is 12.1 Å². The second-order valence-corrected chi connectivity index (χ2v) is 7.18. The van der Waals surface area contributed by atoms with Gasteiger partial charge in [-0.05, 0) is 36.8 Å². The lowest BCUT2D eigenvalue weighted by molar-refractivity contribution is -0.384. The summed E-state index contributed by atoms with van der Waals surface area (Å²) < 4.78 is 5.34. The topological polar surface area (TPSA) is 127 Å². The van der Waals surface area contributed by atoms with Crippen LogP contribution >= 0.6 is 0 Å². The van der Waals surface area contributed by atoms with E-state index in [-0.39, 0.29) is 11.2 Å². The summed E-state index contributed by atoms with van der Waals surface area (Å²) in [6.45, 7) is 1.72. The summed E-state index contributed by atoms with van der Waals surface area (Å²) in [5, 5.41) is 11.0. The van der Waals surface area contributed by atoms with Crippen molar-refractivity contribution in [2.45, 2.75) is 19.5 Å². The van der Waals surface area contributed by atoms with Crippen LogP contribution in [-0.4, -0.2) is 33.4 Å². The first-order valence-corrected chi connectivity index (χ1v) is 9.46. The first kappa shape index (κ1) is 19.6. The van der Waals surface area contributed by atoms with Crippen LogP contribution in [0.2, 0.25) is 0 Å². The molecule has 3 aromatic rings. The smallest absolute Gasteiger partial charge is 0.273 e. The molecule has 0 saturated carbocycles. The van der Waals surface area contributed by atoms with Crippen LogP contribution in [0.25, 0.3) is 11.4 Å². The minimum Gasteiger partial charge on any atom is -0.496 e. The lowest BCUT2D eigenvalue weighted by Crippen LogP contribution is -2.35. The molecule has 0 amide bonds. The summed E-state index contributed by atoms with van der Waals surface area (Å²) in [5.74, 6) is 0.977. The third-order valence-electron chi connectivity index (χ3n) is 5.21. The van der Waals surface area contributed by atoms with Crippen molar-refractivity contribution in [3.8, 4) is 17.1 Å². The van der Waals surface area contributed by atoms with Gasteiger partial charge < -0.3 is 15.5 Å². The lowest BCUT2D eigenvalue weighted by atomic mass is 10.0. The molecule has 2 heterocycles. The summed E-state index contributed by atoms with van der Waals surface area (Å²) in [7, 11) is 1.49. The number of fused-ring (bicyclic) bond motifs is 1. The van der Waals surface area contributed by atoms with Crippen LogP contribution in [0.3, 0.4) is 0 Å². The number of nitro benzene ring substituents is 1. The first-order chi connectivity index (χ1) is 14.4. The minimum atomic E-state index is -0.446. The van der Waals surface area contributed by atoms with Crippen molar-refractivity contribution < 1.29 is 9.66 Å². The Kier molecular flexibility index (Phi) is 5.20. The highest BCUT2D eigenvalue weighted by Gasteiger charge is 2.23. The average Bonchev–Trinajstić information content (AvgIpc) is 2.74. The minimum absolute atomic E-state index is 0.0130. The van der Waals surface area contributed by atoms with Gasteiger partial charge in [0.15, 0.2) is 0 Å². The van der Waals surface area contributed by atoms with Crippen LogP contribution in [0.15, 0.2) is 47.3 Å². The van der Waals surface area contributed by atoms with Crippen LogP contribution in [-0.2, 0) is 19.5 Å². The van der Waals surface area contributed by atoms with E-state index < -0.39 is 4.92 Å². The summed E-state index contributed by atoms with van der Waals surface area (Å²) in [6.07, 6.45) is 0.578. The average molecular weight is 407 g/mol. The first-order valence-electron chi connectivity index (χ1n) is 9.46. The van der Waals surface area contributed by atoms with Gasteiger partial charge in [0.1, 0.15) is 11.6 Å². The van der Waals surface area contributed by atoms with Crippen molar-refractivity contribution in [1.29, 1.82) is 0 Å². The molecule has 4 rings (SSSR count). The van der Waals surface area contributed by atoms with Crippen LogP contribution in [0.5, 0.6) is 5.75 Å². The number of non-ortho nitro benzene ring substituents is 1. The van der Waals surface area contributed by atoms with E-state index in [9.17, 15) is 14.9 Å². The van der Waals surface area contributed by atoms with Gasteiger partial charge in [0.05, 0.1) is 23.8 Å². The molecule has 0 unspecified atom stereocenters. The van der Waals surface area contributed by atoms with Crippen molar-refractivity contribution in [1.82, 2.24) is 14.9 Å². The van der Waals surface area contributed by atoms with Crippen LogP contribution in [0, 0.1) is 10.1 Å². The number of benzene rings is 2. The number of nitrogens with zero attached hydrogens (tertiary/aromatic N) is 3. The molecular weight excluding hydrogens is 386 g/mol. The second kappa shape index (κ2) is 7.96. The number of aromatic amines is 1. The Hall–Kier alpha value is -3.72. The number of ether oxygens (including phenoxy) is 1. The lowest BCUT2D eigenvalue weighted by Gasteiger charge is -2.28. The molecule has 1 aromatic heterocycles. The van der Waals surface area contributed by atoms with Gasteiger partial charge in [0, 0.05) is 48.1 Å². The molecule has 30 heavy (non-hydrogen) atoms. The van der Waals surface area contributed by atoms with Crippen molar-refractivity contribution >= 4 is 11.4 Å². The number of H-pyrrole nitrogens is 1. The van der Waals surface area contributed by atoms with Crippen molar-refractivity contribution in [2.24, 2.45) is 0 Å². The van der Waals surface area contributed by atoms with Crippen molar-refractivity contribution in [3.63, 3.8) is 0 Å². The Labute approximate surface area is 172 Å². The molecule has 0 spiro atoms. The predicted octanol–water partition coefficient (Wildman–Crippen LogP) is 2.49. The molecule has 0 fully saturated rings. The number of aromatic nitrogens is 2. The van der Waals surface area contributed by atoms with E-state index in [0.717, 1.165) is 16.8 Å². The molecule has 0 bridgehead atoms. The van der Waals surface area contributed by atoms with Gasteiger partial charge in [-0.15, -0.1) is 0 Å². The van der Waals surface area contributed by atoms with Gasteiger partial charge in [-0.25, -0.2) is 4.98 Å². The Balaban J connectivity index is 1.59. The zero-order valence-electron chi connectivity index (χ0n) is 16.4. The van der Waals surface area contributed by atoms with Gasteiger partial charge in [-0.2, -0.15) is 0 Å². The largest absolute Gasteiger partial charge is 0.496 e. The monoisotopic (exact) mass is 407 g/mol. The number of rotatable bonds is 5. The Bertz CT molecular complexity index is 1160. The van der Waals surface area contributed by atoms with Gasteiger partial charge in [-0.1, -0.05) is 0 Å². The van der Waals surface area contributed by atoms with E-state index in [1.54, 1.807) is 18.2 Å². The van der Waals surface area contributed by atoms with E-state index in [1.165, 1.54) is 19.2 Å². The maximum absolute atomic E-state index is 12.6. The molecule has 154 valence electrons. The zero-order valence-corrected chi connectivity index (χ0v) is 16.4. The molecule has 2 aromatic carbocycles. The van der Waals surface area contributed by atoms with Crippen LogP contribution in [0.1, 0.15) is 16.8 Å². The molecule has 0 radical (unpaired) electrons. The van der Waals surface area contributed by atoms with Gasteiger partial charge in [0.25, 0.3) is 11.2 Å². The number of hydrogen-bond acceptors (Lipinski definition) is 7. The highest BCUT2D eigenvalue weighted by atomic mass is 16.6. The van der Waals surface area contributed by atoms with Crippen molar-refractivity contribution in [3.05, 3.63) is 79.8 Å². The molecule has 0 saturated heterocycles. The van der Waals surface area contributed by atoms with E-state index in [4.69, 9.17) is 10.5 Å². The second-order valence-electron chi connectivity index (χ2n) is 7.18. The van der Waals surface area contributed by atoms with Crippen LogP contribution in [0.4, 0.5) is 11.4 Å². The fourth-order valence-corrected chi connectivity index (χ4v) is 3.62. The Morgan fingerprint density at radius 1 is 1.27 bits per heavy atom.